The maximum absolute atomic E-state index is 12.0. The molecule has 0 aliphatic carbocycles. The van der Waals surface area contributed by atoms with Gasteiger partial charge in [-0.1, -0.05) is 41.9 Å². The molecule has 1 heterocycles. The molecule has 3 aromatic rings. The van der Waals surface area contributed by atoms with Crippen molar-refractivity contribution in [3.63, 3.8) is 0 Å². The van der Waals surface area contributed by atoms with Crippen molar-refractivity contribution in [2.24, 2.45) is 0 Å². The number of benzene rings is 2. The summed E-state index contributed by atoms with van der Waals surface area (Å²) in [5, 5.41) is 1.41. The molecule has 0 N–H and O–H groups in total. The molecule has 2 aromatic carbocycles. The van der Waals surface area contributed by atoms with Gasteiger partial charge in [-0.25, -0.2) is 9.78 Å². The fourth-order valence-electron chi connectivity index (χ4n) is 2.23. The highest BCUT2D eigenvalue weighted by Gasteiger charge is 2.16. The van der Waals surface area contributed by atoms with Crippen molar-refractivity contribution in [1.29, 1.82) is 0 Å². The van der Waals surface area contributed by atoms with Crippen LogP contribution in [0.2, 0.25) is 5.02 Å². The molecule has 0 spiro atoms. The molecule has 0 aliphatic rings. The molecule has 1 aromatic heterocycles. The van der Waals surface area contributed by atoms with Gasteiger partial charge >= 0.3 is 5.97 Å². The van der Waals surface area contributed by atoms with E-state index in [4.69, 9.17) is 16.3 Å². The van der Waals surface area contributed by atoms with Gasteiger partial charge in [-0.3, -0.25) is 0 Å². The Morgan fingerprint density at radius 3 is 2.57 bits per heavy atom. The second-order valence-corrected chi connectivity index (χ2v) is 5.02. The van der Waals surface area contributed by atoms with Crippen LogP contribution in [0.25, 0.3) is 22.2 Å². The molecule has 0 saturated carbocycles. The summed E-state index contributed by atoms with van der Waals surface area (Å²) in [7, 11) is 1.36. The Hall–Kier alpha value is -2.39. The smallest absolute Gasteiger partial charge is 0.340 e. The van der Waals surface area contributed by atoms with Gasteiger partial charge in [-0.2, -0.15) is 0 Å². The Bertz CT molecular complexity index is 816. The van der Waals surface area contributed by atoms with Crippen LogP contribution in [0.15, 0.2) is 54.6 Å². The number of fused-ring (bicyclic) bond motifs is 1. The highest BCUT2D eigenvalue weighted by atomic mass is 35.5. The summed E-state index contributed by atoms with van der Waals surface area (Å²) < 4.78 is 4.87. The summed E-state index contributed by atoms with van der Waals surface area (Å²) in [4.78, 5) is 16.6. The average Bonchev–Trinajstić information content (AvgIpc) is 2.53. The molecule has 21 heavy (non-hydrogen) atoms. The van der Waals surface area contributed by atoms with E-state index < -0.39 is 5.97 Å². The number of halogens is 1. The van der Waals surface area contributed by atoms with Crippen molar-refractivity contribution in [2.45, 2.75) is 0 Å². The lowest BCUT2D eigenvalue weighted by Crippen LogP contribution is -2.05. The quantitative estimate of drug-likeness (QED) is 0.660. The third-order valence-corrected chi connectivity index (χ3v) is 3.46. The number of hydrogen-bond donors (Lipinski definition) is 0. The van der Waals surface area contributed by atoms with E-state index in [1.807, 2.05) is 36.4 Å². The van der Waals surface area contributed by atoms with Crippen molar-refractivity contribution in [3.8, 4) is 11.3 Å². The molecule has 3 nitrogen and oxygen atoms in total. The molecule has 0 fully saturated rings. The first kappa shape index (κ1) is 13.6. The van der Waals surface area contributed by atoms with Crippen LogP contribution in [0, 0.1) is 0 Å². The predicted octanol–water partition coefficient (Wildman–Crippen LogP) is 4.34. The molecule has 0 aliphatic heterocycles. The number of ether oxygens (including phenoxy) is 1. The van der Waals surface area contributed by atoms with Crippen LogP contribution >= 0.6 is 11.6 Å². The largest absolute Gasteiger partial charge is 0.465 e. The van der Waals surface area contributed by atoms with Crippen LogP contribution in [-0.4, -0.2) is 18.1 Å². The minimum absolute atomic E-state index is 0.414. The Kier molecular flexibility index (Phi) is 3.59. The molecule has 0 saturated heterocycles. The van der Waals surface area contributed by atoms with Gasteiger partial charge in [0, 0.05) is 16.0 Å². The lowest BCUT2D eigenvalue weighted by Gasteiger charge is -2.09. The first-order valence-electron chi connectivity index (χ1n) is 6.43. The maximum atomic E-state index is 12.0. The zero-order chi connectivity index (χ0) is 14.8. The molecule has 3 rings (SSSR count). The number of esters is 1. The van der Waals surface area contributed by atoms with Gasteiger partial charge < -0.3 is 4.74 Å². The summed E-state index contributed by atoms with van der Waals surface area (Å²) in [5.41, 5.74) is 2.69. The average molecular weight is 298 g/mol. The van der Waals surface area contributed by atoms with Crippen molar-refractivity contribution in [3.05, 3.63) is 65.2 Å². The number of methoxy groups -OCH3 is 1. The predicted molar refractivity (Wildman–Crippen MR) is 83.5 cm³/mol. The van der Waals surface area contributed by atoms with Crippen LogP contribution in [0.4, 0.5) is 0 Å². The SMILES string of the molecule is COC(=O)c1cc2cc(Cl)ccc2nc1-c1ccccc1. The normalized spacial score (nSPS) is 10.6. The van der Waals surface area contributed by atoms with Crippen LogP contribution < -0.4 is 0 Å². The topological polar surface area (TPSA) is 39.2 Å². The summed E-state index contributed by atoms with van der Waals surface area (Å²) in [5.74, 6) is -0.414. The molecule has 4 heteroatoms. The number of pyridine rings is 1. The fourth-order valence-corrected chi connectivity index (χ4v) is 2.41. The van der Waals surface area contributed by atoms with Gasteiger partial charge in [0.05, 0.1) is 23.9 Å². The molecule has 0 unspecified atom stereocenters. The summed E-state index contributed by atoms with van der Waals surface area (Å²) in [6.07, 6.45) is 0. The molecule has 0 bridgehead atoms. The van der Waals surface area contributed by atoms with E-state index in [0.29, 0.717) is 16.3 Å². The van der Waals surface area contributed by atoms with Crippen LogP contribution in [0.3, 0.4) is 0 Å². The summed E-state index contributed by atoms with van der Waals surface area (Å²) in [6.45, 7) is 0. The molecule has 0 amide bonds. The van der Waals surface area contributed by atoms with Crippen LogP contribution in [0.5, 0.6) is 0 Å². The van der Waals surface area contributed by atoms with E-state index in [9.17, 15) is 4.79 Å². The Labute approximate surface area is 127 Å². The minimum Gasteiger partial charge on any atom is -0.465 e. The van der Waals surface area contributed by atoms with E-state index in [1.165, 1.54) is 7.11 Å². The van der Waals surface area contributed by atoms with Gasteiger partial charge in [0.1, 0.15) is 0 Å². The van der Waals surface area contributed by atoms with Gasteiger partial charge in [-0.05, 0) is 24.3 Å². The summed E-state index contributed by atoms with van der Waals surface area (Å²) in [6, 6.07) is 16.7. The highest BCUT2D eigenvalue weighted by Crippen LogP contribution is 2.27. The van der Waals surface area contributed by atoms with Crippen molar-refractivity contribution in [2.75, 3.05) is 7.11 Å². The zero-order valence-corrected chi connectivity index (χ0v) is 12.1. The highest BCUT2D eigenvalue weighted by molar-refractivity contribution is 6.31. The van der Waals surface area contributed by atoms with E-state index in [0.717, 1.165) is 16.5 Å². The Balaban J connectivity index is 2.30. The first-order chi connectivity index (χ1) is 10.2. The minimum atomic E-state index is -0.414. The summed E-state index contributed by atoms with van der Waals surface area (Å²) >= 11 is 6.00. The standard InChI is InChI=1S/C17H12ClNO2/c1-21-17(20)14-10-12-9-13(18)7-8-15(12)19-16(14)11-5-3-2-4-6-11/h2-10H,1H3. The van der Waals surface area contributed by atoms with Gasteiger partial charge in [0.2, 0.25) is 0 Å². The third kappa shape index (κ3) is 2.60. The first-order valence-corrected chi connectivity index (χ1v) is 6.81. The number of rotatable bonds is 2. The molecule has 0 atom stereocenters. The fraction of sp³-hybridized carbons (Fsp3) is 0.0588. The number of carbonyl (C=O) groups excluding carboxylic acids is 1. The van der Waals surface area contributed by atoms with Gasteiger partial charge in [0.25, 0.3) is 0 Å². The van der Waals surface area contributed by atoms with E-state index in [2.05, 4.69) is 4.98 Å². The molecular weight excluding hydrogens is 286 g/mol. The van der Waals surface area contributed by atoms with Crippen LogP contribution in [-0.2, 0) is 4.74 Å². The second kappa shape index (κ2) is 5.54. The van der Waals surface area contributed by atoms with Crippen molar-refractivity contribution in [1.82, 2.24) is 4.98 Å². The molecule has 104 valence electrons. The van der Waals surface area contributed by atoms with Gasteiger partial charge in [0.15, 0.2) is 0 Å². The number of nitrogens with zero attached hydrogens (tertiary/aromatic N) is 1. The number of hydrogen-bond acceptors (Lipinski definition) is 3. The van der Waals surface area contributed by atoms with E-state index >= 15 is 0 Å². The Morgan fingerprint density at radius 1 is 1.10 bits per heavy atom. The van der Waals surface area contributed by atoms with Crippen molar-refractivity contribution >= 4 is 28.5 Å². The monoisotopic (exact) mass is 297 g/mol. The zero-order valence-electron chi connectivity index (χ0n) is 11.3. The molecular formula is C17H12ClNO2. The lowest BCUT2D eigenvalue weighted by molar-refractivity contribution is 0.0601. The molecule has 0 radical (unpaired) electrons. The van der Waals surface area contributed by atoms with E-state index in [1.54, 1.807) is 18.2 Å². The van der Waals surface area contributed by atoms with Gasteiger partial charge in [-0.15, -0.1) is 0 Å². The lowest BCUT2D eigenvalue weighted by atomic mass is 10.0. The second-order valence-electron chi connectivity index (χ2n) is 4.58. The third-order valence-electron chi connectivity index (χ3n) is 3.23. The Morgan fingerprint density at radius 2 is 1.86 bits per heavy atom. The van der Waals surface area contributed by atoms with E-state index in [-0.39, 0.29) is 0 Å². The van der Waals surface area contributed by atoms with Crippen molar-refractivity contribution < 1.29 is 9.53 Å². The maximum Gasteiger partial charge on any atom is 0.340 e. The number of aromatic nitrogens is 1. The number of carbonyl (C=O) groups is 1. The van der Waals surface area contributed by atoms with Crippen LogP contribution in [0.1, 0.15) is 10.4 Å².